The van der Waals surface area contributed by atoms with Gasteiger partial charge in [0.2, 0.25) is 0 Å². The highest BCUT2D eigenvalue weighted by molar-refractivity contribution is 6.30. The molecular weight excluding hydrogens is 350 g/mol. The van der Waals surface area contributed by atoms with Crippen LogP contribution in [0, 0.1) is 17.6 Å². The van der Waals surface area contributed by atoms with Gasteiger partial charge in [-0.15, -0.1) is 0 Å². The van der Waals surface area contributed by atoms with Crippen molar-refractivity contribution >= 4 is 11.6 Å². The molecule has 0 spiro atoms. The Morgan fingerprint density at radius 1 is 0.962 bits per heavy atom. The highest BCUT2D eigenvalue weighted by Crippen LogP contribution is 2.39. The standard InChI is InChI=1S/C23H23ClF2/c1-2-3-14-4-8-19-16(10-14)5-6-17-11-15(7-9-20(17)19)18-12-21(25)23(24)22(26)13-18/h2-3,5-6,12-15H,4,7-11H2,1H3/t14-,15-/m0/s1. The normalized spacial score (nSPS) is 22.3. The van der Waals surface area contributed by atoms with Crippen LogP contribution < -0.4 is 0 Å². The highest BCUT2D eigenvalue weighted by Gasteiger charge is 2.27. The van der Waals surface area contributed by atoms with Gasteiger partial charge in [-0.1, -0.05) is 35.9 Å². The number of hydrogen-bond donors (Lipinski definition) is 0. The SMILES string of the molecule is CC=C[C@H]1CCc2c(ccc3c2CC[C@H](c2cc(F)c(Cl)c(F)c2)C3)C1. The average Bonchev–Trinajstić information content (AvgIpc) is 2.65. The first-order valence-electron chi connectivity index (χ1n) is 9.46. The van der Waals surface area contributed by atoms with Crippen molar-refractivity contribution in [1.82, 2.24) is 0 Å². The average molecular weight is 373 g/mol. The smallest absolute Gasteiger partial charge is 0.145 e. The maximum atomic E-state index is 13.8. The molecule has 0 heterocycles. The fourth-order valence-electron chi connectivity index (χ4n) is 4.73. The van der Waals surface area contributed by atoms with Crippen molar-refractivity contribution in [2.75, 3.05) is 0 Å². The van der Waals surface area contributed by atoms with E-state index in [0.717, 1.165) is 37.7 Å². The molecule has 0 nitrogen and oxygen atoms in total. The zero-order chi connectivity index (χ0) is 18.3. The summed E-state index contributed by atoms with van der Waals surface area (Å²) >= 11 is 5.63. The van der Waals surface area contributed by atoms with E-state index in [9.17, 15) is 8.78 Å². The number of halogens is 3. The molecule has 2 aliphatic rings. The predicted molar refractivity (Wildman–Crippen MR) is 103 cm³/mol. The Labute approximate surface area is 158 Å². The van der Waals surface area contributed by atoms with E-state index in [1.54, 1.807) is 0 Å². The molecule has 2 atom stereocenters. The fourth-order valence-corrected chi connectivity index (χ4v) is 4.84. The number of rotatable bonds is 2. The first-order valence-corrected chi connectivity index (χ1v) is 9.84. The van der Waals surface area contributed by atoms with E-state index in [1.165, 1.54) is 40.8 Å². The third kappa shape index (κ3) is 3.20. The molecule has 0 N–H and O–H groups in total. The van der Waals surface area contributed by atoms with Gasteiger partial charge in [0.25, 0.3) is 0 Å². The molecule has 3 heteroatoms. The summed E-state index contributed by atoms with van der Waals surface area (Å²) in [6.45, 7) is 2.09. The largest absolute Gasteiger partial charge is 0.205 e. The Balaban J connectivity index is 1.61. The van der Waals surface area contributed by atoms with Crippen molar-refractivity contribution in [3.63, 3.8) is 0 Å². The molecule has 0 aliphatic heterocycles. The van der Waals surface area contributed by atoms with Gasteiger partial charge in [0, 0.05) is 0 Å². The van der Waals surface area contributed by atoms with Gasteiger partial charge >= 0.3 is 0 Å². The third-order valence-electron chi connectivity index (χ3n) is 6.02. The minimum atomic E-state index is -0.659. The molecule has 0 fully saturated rings. The quantitative estimate of drug-likeness (QED) is 0.413. The Bertz CT molecular complexity index is 846. The lowest BCUT2D eigenvalue weighted by Crippen LogP contribution is -2.20. The molecule has 4 rings (SSSR count). The van der Waals surface area contributed by atoms with Gasteiger partial charge in [0.1, 0.15) is 16.7 Å². The van der Waals surface area contributed by atoms with Crippen LogP contribution in [0.3, 0.4) is 0 Å². The van der Waals surface area contributed by atoms with Crippen LogP contribution in [0.1, 0.15) is 53.5 Å². The lowest BCUT2D eigenvalue weighted by Gasteiger charge is -2.31. The van der Waals surface area contributed by atoms with Gasteiger partial charge in [0.15, 0.2) is 0 Å². The number of hydrogen-bond acceptors (Lipinski definition) is 0. The summed E-state index contributed by atoms with van der Waals surface area (Å²) in [5, 5.41) is -0.408. The Morgan fingerprint density at radius 2 is 1.58 bits per heavy atom. The van der Waals surface area contributed by atoms with Crippen molar-refractivity contribution < 1.29 is 8.78 Å². The monoisotopic (exact) mass is 372 g/mol. The molecule has 0 radical (unpaired) electrons. The summed E-state index contributed by atoms with van der Waals surface area (Å²) in [6, 6.07) is 7.32. The van der Waals surface area contributed by atoms with E-state index < -0.39 is 16.7 Å². The van der Waals surface area contributed by atoms with Crippen LogP contribution in [0.15, 0.2) is 36.4 Å². The molecule has 0 amide bonds. The van der Waals surface area contributed by atoms with Gasteiger partial charge < -0.3 is 0 Å². The van der Waals surface area contributed by atoms with Gasteiger partial charge in [-0.25, -0.2) is 8.78 Å². The van der Waals surface area contributed by atoms with Crippen molar-refractivity contribution in [2.45, 2.75) is 51.4 Å². The van der Waals surface area contributed by atoms with Crippen LogP contribution in [0.2, 0.25) is 5.02 Å². The number of fused-ring (bicyclic) bond motifs is 3. The van der Waals surface area contributed by atoms with E-state index in [1.807, 2.05) is 0 Å². The summed E-state index contributed by atoms with van der Waals surface area (Å²) < 4.78 is 27.7. The fraction of sp³-hybridized carbons (Fsp3) is 0.391. The minimum absolute atomic E-state index is 0.154. The lowest BCUT2D eigenvalue weighted by atomic mass is 9.74. The van der Waals surface area contributed by atoms with Gasteiger partial charge in [0.05, 0.1) is 0 Å². The molecule has 0 saturated heterocycles. The summed E-state index contributed by atoms with van der Waals surface area (Å²) in [6.07, 6.45) is 10.7. The molecular formula is C23H23ClF2. The van der Waals surface area contributed by atoms with Crippen LogP contribution in [0.4, 0.5) is 8.78 Å². The van der Waals surface area contributed by atoms with E-state index in [4.69, 9.17) is 11.6 Å². The van der Waals surface area contributed by atoms with E-state index >= 15 is 0 Å². The van der Waals surface area contributed by atoms with Crippen molar-refractivity contribution in [1.29, 1.82) is 0 Å². The molecule has 2 aromatic carbocycles. The zero-order valence-corrected chi connectivity index (χ0v) is 15.8. The Morgan fingerprint density at radius 3 is 2.23 bits per heavy atom. The van der Waals surface area contributed by atoms with E-state index in [2.05, 4.69) is 31.2 Å². The Kier molecular flexibility index (Phi) is 4.88. The highest BCUT2D eigenvalue weighted by atomic mass is 35.5. The van der Waals surface area contributed by atoms with Crippen molar-refractivity contribution in [3.05, 3.63) is 80.9 Å². The maximum Gasteiger partial charge on any atom is 0.145 e. The summed E-state index contributed by atoms with van der Waals surface area (Å²) in [7, 11) is 0. The van der Waals surface area contributed by atoms with E-state index in [-0.39, 0.29) is 5.92 Å². The number of benzene rings is 2. The zero-order valence-electron chi connectivity index (χ0n) is 15.0. The van der Waals surface area contributed by atoms with E-state index in [0.29, 0.717) is 5.92 Å². The molecule has 0 saturated carbocycles. The van der Waals surface area contributed by atoms with Crippen LogP contribution in [0.5, 0.6) is 0 Å². The topological polar surface area (TPSA) is 0 Å². The van der Waals surface area contributed by atoms with Gasteiger partial charge in [-0.2, -0.15) is 0 Å². The molecule has 26 heavy (non-hydrogen) atoms. The third-order valence-corrected chi connectivity index (χ3v) is 6.38. The Hall–Kier alpha value is -1.67. The number of allylic oxidation sites excluding steroid dienone is 2. The van der Waals surface area contributed by atoms with Crippen LogP contribution >= 0.6 is 11.6 Å². The summed E-state index contributed by atoms with van der Waals surface area (Å²) in [5.41, 5.74) is 6.59. The van der Waals surface area contributed by atoms with Crippen LogP contribution in [-0.4, -0.2) is 0 Å². The van der Waals surface area contributed by atoms with Crippen LogP contribution in [-0.2, 0) is 25.7 Å². The molecule has 0 aromatic heterocycles. The van der Waals surface area contributed by atoms with Crippen molar-refractivity contribution in [2.24, 2.45) is 5.92 Å². The van der Waals surface area contributed by atoms with Crippen molar-refractivity contribution in [3.8, 4) is 0 Å². The molecule has 0 unspecified atom stereocenters. The lowest BCUT2D eigenvalue weighted by molar-refractivity contribution is 0.528. The van der Waals surface area contributed by atoms with Gasteiger partial charge in [-0.3, -0.25) is 0 Å². The second-order valence-corrected chi connectivity index (χ2v) is 7.99. The molecule has 0 bridgehead atoms. The minimum Gasteiger partial charge on any atom is -0.205 e. The summed E-state index contributed by atoms with van der Waals surface area (Å²) in [4.78, 5) is 0. The predicted octanol–water partition coefficient (Wildman–Crippen LogP) is 6.57. The first-order chi connectivity index (χ1) is 12.6. The first kappa shape index (κ1) is 17.7. The van der Waals surface area contributed by atoms with Gasteiger partial charge in [-0.05, 0) is 97.2 Å². The molecule has 2 aromatic rings. The molecule has 2 aliphatic carbocycles. The summed E-state index contributed by atoms with van der Waals surface area (Å²) in [5.74, 6) is -0.510. The second kappa shape index (κ2) is 7.15. The second-order valence-electron chi connectivity index (χ2n) is 7.61. The maximum absolute atomic E-state index is 13.8. The van der Waals surface area contributed by atoms with Crippen LogP contribution in [0.25, 0.3) is 0 Å². The molecule has 136 valence electrons.